The molecule has 6 heteroatoms. The van der Waals surface area contributed by atoms with Gasteiger partial charge >= 0.3 is 5.97 Å². The first-order valence-corrected chi connectivity index (χ1v) is 5.99. The van der Waals surface area contributed by atoms with Crippen LogP contribution in [0.4, 0.5) is 10.1 Å². The number of benzene rings is 2. The molecule has 1 amide bonds. The first kappa shape index (κ1) is 14.5. The van der Waals surface area contributed by atoms with Crippen LogP contribution < -0.4 is 10.1 Å². The molecule has 0 aliphatic heterocycles. The van der Waals surface area contributed by atoms with Gasteiger partial charge in [0.05, 0.1) is 12.7 Å². The van der Waals surface area contributed by atoms with Crippen molar-refractivity contribution in [3.05, 3.63) is 59.4 Å². The molecule has 0 fully saturated rings. The smallest absolute Gasteiger partial charge is 0.335 e. The Morgan fingerprint density at radius 1 is 1.10 bits per heavy atom. The molecule has 0 radical (unpaired) electrons. The lowest BCUT2D eigenvalue weighted by Crippen LogP contribution is -2.12. The average Bonchev–Trinajstić information content (AvgIpc) is 2.47. The van der Waals surface area contributed by atoms with Crippen LogP contribution in [0.2, 0.25) is 0 Å². The van der Waals surface area contributed by atoms with Gasteiger partial charge in [-0.25, -0.2) is 9.18 Å². The number of anilines is 1. The molecule has 0 aromatic heterocycles. The summed E-state index contributed by atoms with van der Waals surface area (Å²) in [5, 5.41) is 11.3. The molecule has 0 saturated carbocycles. The van der Waals surface area contributed by atoms with Crippen molar-refractivity contribution in [2.45, 2.75) is 0 Å². The minimum absolute atomic E-state index is 0.0531. The third-order valence-electron chi connectivity index (χ3n) is 2.80. The lowest BCUT2D eigenvalue weighted by atomic mass is 10.1. The predicted octanol–water partition coefficient (Wildman–Crippen LogP) is 2.78. The van der Waals surface area contributed by atoms with E-state index in [1.807, 2.05) is 0 Å². The van der Waals surface area contributed by atoms with E-state index in [9.17, 15) is 14.0 Å². The van der Waals surface area contributed by atoms with E-state index >= 15 is 0 Å². The van der Waals surface area contributed by atoms with Gasteiger partial charge < -0.3 is 15.2 Å². The van der Waals surface area contributed by atoms with Crippen LogP contribution in [0.3, 0.4) is 0 Å². The van der Waals surface area contributed by atoms with Crippen molar-refractivity contribution in [3.63, 3.8) is 0 Å². The number of nitrogens with one attached hydrogen (secondary N) is 1. The number of carboxylic acids is 1. The van der Waals surface area contributed by atoms with E-state index < -0.39 is 17.7 Å². The highest BCUT2D eigenvalue weighted by atomic mass is 19.1. The largest absolute Gasteiger partial charge is 0.494 e. The highest BCUT2D eigenvalue weighted by Gasteiger charge is 2.10. The number of carboxylic acid groups (broad SMARTS) is 1. The van der Waals surface area contributed by atoms with E-state index in [1.165, 1.54) is 43.5 Å². The van der Waals surface area contributed by atoms with Crippen LogP contribution in [0, 0.1) is 5.82 Å². The van der Waals surface area contributed by atoms with Crippen LogP contribution in [0.15, 0.2) is 42.5 Å². The number of aromatic carboxylic acids is 1. The molecule has 0 heterocycles. The monoisotopic (exact) mass is 289 g/mol. The van der Waals surface area contributed by atoms with E-state index in [4.69, 9.17) is 9.84 Å². The van der Waals surface area contributed by atoms with Gasteiger partial charge in [-0.2, -0.15) is 0 Å². The minimum atomic E-state index is -1.05. The summed E-state index contributed by atoms with van der Waals surface area (Å²) in [7, 11) is 1.34. The van der Waals surface area contributed by atoms with Gasteiger partial charge in [0.1, 0.15) is 0 Å². The van der Waals surface area contributed by atoms with Crippen molar-refractivity contribution in [1.29, 1.82) is 0 Å². The molecule has 0 aliphatic rings. The van der Waals surface area contributed by atoms with Crippen molar-refractivity contribution in [2.75, 3.05) is 12.4 Å². The number of hydrogen-bond acceptors (Lipinski definition) is 3. The summed E-state index contributed by atoms with van der Waals surface area (Å²) < 4.78 is 18.3. The van der Waals surface area contributed by atoms with Crippen LogP contribution in [0.5, 0.6) is 5.75 Å². The fraction of sp³-hybridized carbons (Fsp3) is 0.0667. The molecule has 0 bridgehead atoms. The summed E-state index contributed by atoms with van der Waals surface area (Å²) in [5.41, 5.74) is 0.667. The van der Waals surface area contributed by atoms with Crippen molar-refractivity contribution in [3.8, 4) is 5.75 Å². The summed E-state index contributed by atoms with van der Waals surface area (Å²) in [6.45, 7) is 0. The van der Waals surface area contributed by atoms with Crippen molar-refractivity contribution in [1.82, 2.24) is 0 Å². The van der Waals surface area contributed by atoms with Crippen LogP contribution in [0.25, 0.3) is 0 Å². The van der Waals surface area contributed by atoms with Gasteiger partial charge in [-0.15, -0.1) is 0 Å². The number of ether oxygens (including phenoxy) is 1. The minimum Gasteiger partial charge on any atom is -0.494 e. The lowest BCUT2D eigenvalue weighted by Gasteiger charge is -2.07. The maximum atomic E-state index is 13.5. The number of methoxy groups -OCH3 is 1. The Hall–Kier alpha value is -2.89. The Morgan fingerprint density at radius 3 is 2.24 bits per heavy atom. The highest BCUT2D eigenvalue weighted by Crippen LogP contribution is 2.19. The summed E-state index contributed by atoms with van der Waals surface area (Å²) in [4.78, 5) is 22.7. The van der Waals surface area contributed by atoms with Gasteiger partial charge in [0.2, 0.25) is 0 Å². The second-order valence-electron chi connectivity index (χ2n) is 4.19. The van der Waals surface area contributed by atoms with E-state index in [-0.39, 0.29) is 16.9 Å². The highest BCUT2D eigenvalue weighted by molar-refractivity contribution is 6.04. The molecule has 0 saturated heterocycles. The second-order valence-corrected chi connectivity index (χ2v) is 4.19. The summed E-state index contributed by atoms with van der Waals surface area (Å²) in [6, 6.07) is 9.52. The summed E-state index contributed by atoms with van der Waals surface area (Å²) >= 11 is 0. The normalized spacial score (nSPS) is 10.0. The molecule has 21 heavy (non-hydrogen) atoms. The van der Waals surface area contributed by atoms with Crippen molar-refractivity contribution in [2.24, 2.45) is 0 Å². The molecule has 0 unspecified atom stereocenters. The van der Waals surface area contributed by atoms with Gasteiger partial charge in [-0.3, -0.25) is 4.79 Å². The number of hydrogen-bond donors (Lipinski definition) is 2. The lowest BCUT2D eigenvalue weighted by molar-refractivity contribution is 0.0696. The zero-order valence-corrected chi connectivity index (χ0v) is 11.1. The Labute approximate surface area is 120 Å². The molecule has 2 aromatic carbocycles. The van der Waals surface area contributed by atoms with Gasteiger partial charge in [-0.05, 0) is 42.5 Å². The Balaban J connectivity index is 2.14. The van der Waals surface area contributed by atoms with Crippen LogP contribution in [-0.2, 0) is 0 Å². The number of carbonyl (C=O) groups excluding carboxylic acids is 1. The number of amides is 1. The number of rotatable bonds is 4. The molecule has 2 aromatic rings. The van der Waals surface area contributed by atoms with Crippen molar-refractivity contribution >= 4 is 17.6 Å². The first-order chi connectivity index (χ1) is 10.0. The molecule has 2 rings (SSSR count). The van der Waals surface area contributed by atoms with Crippen LogP contribution in [0.1, 0.15) is 20.7 Å². The van der Waals surface area contributed by atoms with Crippen LogP contribution in [-0.4, -0.2) is 24.1 Å². The average molecular weight is 289 g/mol. The molecular weight excluding hydrogens is 277 g/mol. The molecule has 0 spiro atoms. The van der Waals surface area contributed by atoms with E-state index in [1.54, 1.807) is 0 Å². The van der Waals surface area contributed by atoms with E-state index in [2.05, 4.69) is 5.32 Å². The third-order valence-corrected chi connectivity index (χ3v) is 2.80. The van der Waals surface area contributed by atoms with E-state index in [0.29, 0.717) is 5.69 Å². The zero-order valence-electron chi connectivity index (χ0n) is 11.1. The van der Waals surface area contributed by atoms with Gasteiger partial charge in [0.15, 0.2) is 11.6 Å². The number of carbonyl (C=O) groups is 2. The maximum Gasteiger partial charge on any atom is 0.335 e. The van der Waals surface area contributed by atoms with Crippen molar-refractivity contribution < 1.29 is 23.8 Å². The first-order valence-electron chi connectivity index (χ1n) is 5.99. The SMILES string of the molecule is COc1ccc(C(=O)Nc2ccc(C(=O)O)cc2)cc1F. The zero-order chi connectivity index (χ0) is 15.4. The predicted molar refractivity (Wildman–Crippen MR) is 74.3 cm³/mol. The van der Waals surface area contributed by atoms with Gasteiger partial charge in [0, 0.05) is 11.3 Å². The Bertz CT molecular complexity index is 683. The standard InChI is InChI=1S/C15H12FNO4/c1-21-13-7-4-10(8-12(13)16)14(18)17-11-5-2-9(3-6-11)15(19)20/h2-8H,1H3,(H,17,18)(H,19,20). The Morgan fingerprint density at radius 2 is 1.71 bits per heavy atom. The third kappa shape index (κ3) is 3.36. The number of halogens is 1. The topological polar surface area (TPSA) is 75.6 Å². The molecule has 0 aliphatic carbocycles. The molecule has 5 nitrogen and oxygen atoms in total. The van der Waals surface area contributed by atoms with E-state index in [0.717, 1.165) is 6.07 Å². The second kappa shape index (κ2) is 6.04. The summed E-state index contributed by atoms with van der Waals surface area (Å²) in [5.74, 6) is -2.13. The molecule has 2 N–H and O–H groups in total. The Kier molecular flexibility index (Phi) is 4.18. The quantitative estimate of drug-likeness (QED) is 0.907. The fourth-order valence-corrected chi connectivity index (χ4v) is 1.71. The molecule has 0 atom stereocenters. The maximum absolute atomic E-state index is 13.5. The fourth-order valence-electron chi connectivity index (χ4n) is 1.71. The van der Waals surface area contributed by atoms with Gasteiger partial charge in [-0.1, -0.05) is 0 Å². The van der Waals surface area contributed by atoms with Gasteiger partial charge in [0.25, 0.3) is 5.91 Å². The summed E-state index contributed by atoms with van der Waals surface area (Å²) in [6.07, 6.45) is 0. The molecular formula is C15H12FNO4. The molecule has 108 valence electrons. The van der Waals surface area contributed by atoms with Crippen LogP contribution >= 0.6 is 0 Å².